The SMILES string of the molecule is COc1ccc(NC(=O)CN2CCC(c3nccc(C)n3)CC2)cc1OC. The zero-order valence-electron chi connectivity index (χ0n) is 16.1. The third-order valence-electron chi connectivity index (χ3n) is 4.80. The minimum atomic E-state index is -0.0347. The van der Waals surface area contributed by atoms with Crippen LogP contribution in [0, 0.1) is 6.92 Å². The molecule has 27 heavy (non-hydrogen) atoms. The quantitative estimate of drug-likeness (QED) is 0.842. The number of carbonyl (C=O) groups is 1. The van der Waals surface area contributed by atoms with Crippen molar-refractivity contribution in [1.29, 1.82) is 0 Å². The van der Waals surface area contributed by atoms with Crippen molar-refractivity contribution in [2.75, 3.05) is 39.2 Å². The number of aryl methyl sites for hydroxylation is 1. The number of amides is 1. The Bertz CT molecular complexity index is 789. The topological polar surface area (TPSA) is 76.6 Å². The summed E-state index contributed by atoms with van der Waals surface area (Å²) in [7, 11) is 3.16. The number of benzene rings is 1. The molecule has 2 heterocycles. The van der Waals surface area contributed by atoms with Crippen LogP contribution in [0.3, 0.4) is 0 Å². The first-order chi connectivity index (χ1) is 13.1. The average molecular weight is 370 g/mol. The largest absolute Gasteiger partial charge is 0.493 e. The number of likely N-dealkylation sites (tertiary alicyclic amines) is 1. The molecule has 2 aromatic rings. The van der Waals surface area contributed by atoms with Crippen molar-refractivity contribution in [2.45, 2.75) is 25.7 Å². The van der Waals surface area contributed by atoms with E-state index in [0.29, 0.717) is 29.6 Å². The highest BCUT2D eigenvalue weighted by atomic mass is 16.5. The monoisotopic (exact) mass is 370 g/mol. The number of carbonyl (C=O) groups excluding carboxylic acids is 1. The zero-order valence-corrected chi connectivity index (χ0v) is 16.1. The van der Waals surface area contributed by atoms with Gasteiger partial charge in [0.05, 0.1) is 20.8 Å². The molecule has 144 valence electrons. The predicted octanol–water partition coefficient (Wildman–Crippen LogP) is 2.62. The maximum absolute atomic E-state index is 12.4. The van der Waals surface area contributed by atoms with Crippen LogP contribution in [0.2, 0.25) is 0 Å². The van der Waals surface area contributed by atoms with Crippen molar-refractivity contribution in [3.8, 4) is 11.5 Å². The van der Waals surface area contributed by atoms with Gasteiger partial charge >= 0.3 is 0 Å². The second kappa shape index (κ2) is 8.81. The molecular weight excluding hydrogens is 344 g/mol. The van der Waals surface area contributed by atoms with Gasteiger partial charge in [-0.25, -0.2) is 9.97 Å². The number of nitrogens with one attached hydrogen (secondary N) is 1. The van der Waals surface area contributed by atoms with E-state index in [1.807, 2.05) is 19.2 Å². The highest BCUT2D eigenvalue weighted by molar-refractivity contribution is 5.92. The molecule has 0 radical (unpaired) electrons. The fraction of sp³-hybridized carbons (Fsp3) is 0.450. The molecule has 1 N–H and O–H groups in total. The van der Waals surface area contributed by atoms with Gasteiger partial charge in [-0.3, -0.25) is 9.69 Å². The van der Waals surface area contributed by atoms with Crippen LogP contribution >= 0.6 is 0 Å². The van der Waals surface area contributed by atoms with E-state index in [0.717, 1.165) is 37.4 Å². The summed E-state index contributed by atoms with van der Waals surface area (Å²) < 4.78 is 10.5. The molecule has 0 saturated carbocycles. The van der Waals surface area contributed by atoms with Crippen LogP contribution in [0.4, 0.5) is 5.69 Å². The minimum Gasteiger partial charge on any atom is -0.493 e. The maximum atomic E-state index is 12.4. The molecule has 3 rings (SSSR count). The van der Waals surface area contributed by atoms with E-state index in [9.17, 15) is 4.79 Å². The molecular formula is C20H26N4O3. The molecule has 1 aromatic heterocycles. The molecule has 1 aromatic carbocycles. The van der Waals surface area contributed by atoms with E-state index in [1.165, 1.54) is 0 Å². The number of aromatic nitrogens is 2. The smallest absolute Gasteiger partial charge is 0.238 e. The predicted molar refractivity (Wildman–Crippen MR) is 103 cm³/mol. The number of anilines is 1. The fourth-order valence-corrected chi connectivity index (χ4v) is 3.33. The maximum Gasteiger partial charge on any atom is 0.238 e. The number of rotatable bonds is 6. The van der Waals surface area contributed by atoms with Gasteiger partial charge in [0.25, 0.3) is 0 Å². The first-order valence-corrected chi connectivity index (χ1v) is 9.13. The van der Waals surface area contributed by atoms with Crippen molar-refractivity contribution in [1.82, 2.24) is 14.9 Å². The Kier molecular flexibility index (Phi) is 6.24. The normalized spacial score (nSPS) is 15.4. The summed E-state index contributed by atoms with van der Waals surface area (Å²) in [5.74, 6) is 2.48. The Labute approximate surface area is 159 Å². The van der Waals surface area contributed by atoms with Crippen molar-refractivity contribution in [3.63, 3.8) is 0 Å². The average Bonchev–Trinajstić information content (AvgIpc) is 2.68. The first-order valence-electron chi connectivity index (χ1n) is 9.13. The highest BCUT2D eigenvalue weighted by Crippen LogP contribution is 2.30. The molecule has 1 fully saturated rings. The summed E-state index contributed by atoms with van der Waals surface area (Å²) >= 11 is 0. The van der Waals surface area contributed by atoms with Gasteiger partial charge in [-0.15, -0.1) is 0 Å². The standard InChI is InChI=1S/C20H26N4O3/c1-14-6-9-21-20(22-14)15-7-10-24(11-8-15)13-19(25)23-16-4-5-17(26-2)18(12-16)27-3/h4-6,9,12,15H,7-8,10-11,13H2,1-3H3,(H,23,25). The van der Waals surface area contributed by atoms with Gasteiger partial charge in [0.1, 0.15) is 5.82 Å². The third-order valence-corrected chi connectivity index (χ3v) is 4.80. The van der Waals surface area contributed by atoms with Gasteiger partial charge < -0.3 is 14.8 Å². The molecule has 1 amide bonds. The molecule has 0 atom stereocenters. The number of piperidine rings is 1. The van der Waals surface area contributed by atoms with Crippen LogP contribution in [-0.2, 0) is 4.79 Å². The zero-order chi connectivity index (χ0) is 19.2. The van der Waals surface area contributed by atoms with Crippen molar-refractivity contribution in [2.24, 2.45) is 0 Å². The lowest BCUT2D eigenvalue weighted by Gasteiger charge is -2.30. The van der Waals surface area contributed by atoms with Gasteiger partial charge in [0.2, 0.25) is 5.91 Å². The number of nitrogens with zero attached hydrogens (tertiary/aromatic N) is 3. The lowest BCUT2D eigenvalue weighted by molar-refractivity contribution is -0.117. The molecule has 1 aliphatic rings. The van der Waals surface area contributed by atoms with Crippen molar-refractivity contribution >= 4 is 11.6 Å². The summed E-state index contributed by atoms with van der Waals surface area (Å²) in [5, 5.41) is 2.92. The van der Waals surface area contributed by atoms with Crippen LogP contribution in [-0.4, -0.2) is 54.6 Å². The van der Waals surface area contributed by atoms with E-state index < -0.39 is 0 Å². The Hall–Kier alpha value is -2.67. The first kappa shape index (κ1) is 19.1. The van der Waals surface area contributed by atoms with Crippen LogP contribution in [0.25, 0.3) is 0 Å². The van der Waals surface area contributed by atoms with Crippen LogP contribution < -0.4 is 14.8 Å². The van der Waals surface area contributed by atoms with E-state index >= 15 is 0 Å². The summed E-state index contributed by atoms with van der Waals surface area (Å²) in [5.41, 5.74) is 1.69. The Morgan fingerprint density at radius 3 is 2.59 bits per heavy atom. The summed E-state index contributed by atoms with van der Waals surface area (Å²) in [6.45, 7) is 4.08. The molecule has 0 bridgehead atoms. The van der Waals surface area contributed by atoms with Crippen LogP contribution in [0.1, 0.15) is 30.3 Å². The minimum absolute atomic E-state index is 0.0347. The molecule has 0 unspecified atom stereocenters. The molecule has 7 nitrogen and oxygen atoms in total. The second-order valence-electron chi connectivity index (χ2n) is 6.72. The van der Waals surface area contributed by atoms with Gasteiger partial charge in [0.15, 0.2) is 11.5 Å². The lowest BCUT2D eigenvalue weighted by Crippen LogP contribution is -2.39. The lowest BCUT2D eigenvalue weighted by atomic mass is 9.96. The van der Waals surface area contributed by atoms with Crippen LogP contribution in [0.15, 0.2) is 30.5 Å². The fourth-order valence-electron chi connectivity index (χ4n) is 3.33. The Balaban J connectivity index is 1.51. The van der Waals surface area contributed by atoms with Gasteiger partial charge in [-0.05, 0) is 51.1 Å². The van der Waals surface area contributed by atoms with Crippen molar-refractivity contribution in [3.05, 3.63) is 42.0 Å². The Morgan fingerprint density at radius 2 is 1.93 bits per heavy atom. The third kappa shape index (κ3) is 4.95. The molecule has 0 aliphatic carbocycles. The van der Waals surface area contributed by atoms with Gasteiger partial charge in [-0.1, -0.05) is 0 Å². The number of hydrogen-bond donors (Lipinski definition) is 1. The summed E-state index contributed by atoms with van der Waals surface area (Å²) in [4.78, 5) is 23.5. The molecule has 7 heteroatoms. The highest BCUT2D eigenvalue weighted by Gasteiger charge is 2.24. The van der Waals surface area contributed by atoms with E-state index in [2.05, 4.69) is 20.2 Å². The second-order valence-corrected chi connectivity index (χ2v) is 6.72. The number of methoxy groups -OCH3 is 2. The number of hydrogen-bond acceptors (Lipinski definition) is 6. The molecule has 0 spiro atoms. The summed E-state index contributed by atoms with van der Waals surface area (Å²) in [6, 6.07) is 7.26. The molecule has 1 aliphatic heterocycles. The van der Waals surface area contributed by atoms with Crippen LogP contribution in [0.5, 0.6) is 11.5 Å². The Morgan fingerprint density at radius 1 is 1.19 bits per heavy atom. The van der Waals surface area contributed by atoms with Crippen molar-refractivity contribution < 1.29 is 14.3 Å². The molecule has 1 saturated heterocycles. The number of ether oxygens (including phenoxy) is 2. The summed E-state index contributed by atoms with van der Waals surface area (Å²) in [6.07, 6.45) is 3.75. The van der Waals surface area contributed by atoms with E-state index in [-0.39, 0.29) is 5.91 Å². The van der Waals surface area contributed by atoms with E-state index in [1.54, 1.807) is 32.4 Å². The van der Waals surface area contributed by atoms with Gasteiger partial charge in [0, 0.05) is 29.6 Å². The van der Waals surface area contributed by atoms with E-state index in [4.69, 9.17) is 9.47 Å². The van der Waals surface area contributed by atoms with Gasteiger partial charge in [-0.2, -0.15) is 0 Å².